The monoisotopic (exact) mass is 197 g/mol. The number of carboxylic acids is 2. The van der Waals surface area contributed by atoms with E-state index in [1.54, 1.807) is 0 Å². The third kappa shape index (κ3) is 7.32. The third-order valence-corrected chi connectivity index (χ3v) is 1.89. The van der Waals surface area contributed by atoms with E-state index in [-0.39, 0.29) is 17.0 Å². The Morgan fingerprint density at radius 1 is 1.42 bits per heavy atom. The second kappa shape index (κ2) is 6.89. The van der Waals surface area contributed by atoms with Crippen molar-refractivity contribution < 1.29 is 25.3 Å². The summed E-state index contributed by atoms with van der Waals surface area (Å²) in [7, 11) is 0. The molecule has 12 heavy (non-hydrogen) atoms. The molecule has 0 aromatic rings. The lowest BCUT2D eigenvalue weighted by molar-refractivity contribution is -0.138. The van der Waals surface area contributed by atoms with Crippen molar-refractivity contribution in [3.8, 4) is 0 Å². The summed E-state index contributed by atoms with van der Waals surface area (Å²) < 4.78 is 0. The lowest BCUT2D eigenvalue weighted by Crippen LogP contribution is -2.32. The van der Waals surface area contributed by atoms with Gasteiger partial charge in [0.25, 0.3) is 0 Å². The molecule has 0 unspecified atom stereocenters. The highest BCUT2D eigenvalue weighted by molar-refractivity contribution is 8.00. The van der Waals surface area contributed by atoms with Crippen molar-refractivity contribution >= 4 is 23.7 Å². The Labute approximate surface area is 73.1 Å². The van der Waals surface area contributed by atoms with Crippen molar-refractivity contribution in [1.82, 2.24) is 0 Å². The molecule has 0 amide bonds. The van der Waals surface area contributed by atoms with Crippen LogP contribution in [0.1, 0.15) is 0 Å². The van der Waals surface area contributed by atoms with Crippen LogP contribution in [-0.2, 0) is 9.59 Å². The maximum atomic E-state index is 10.1. The SMILES string of the molecule is N[C@H](CSCC(=O)O)C(=O)O.O. The summed E-state index contributed by atoms with van der Waals surface area (Å²) in [6.07, 6.45) is 0. The predicted octanol–water partition coefficient (Wildman–Crippen LogP) is -1.61. The van der Waals surface area contributed by atoms with Gasteiger partial charge in [0, 0.05) is 5.75 Å². The first-order valence-corrected chi connectivity index (χ1v) is 3.97. The maximum Gasteiger partial charge on any atom is 0.321 e. The fraction of sp³-hybridized carbons (Fsp3) is 0.600. The predicted molar refractivity (Wildman–Crippen MR) is 44.2 cm³/mol. The molecule has 1 atom stereocenters. The fourth-order valence-electron chi connectivity index (χ4n) is 0.344. The van der Waals surface area contributed by atoms with Gasteiger partial charge < -0.3 is 21.4 Å². The molecule has 0 aromatic carbocycles. The van der Waals surface area contributed by atoms with E-state index in [1.165, 1.54) is 0 Å². The lowest BCUT2D eigenvalue weighted by atomic mass is 10.4. The molecule has 6 nitrogen and oxygen atoms in total. The smallest absolute Gasteiger partial charge is 0.321 e. The van der Waals surface area contributed by atoms with E-state index in [0.717, 1.165) is 11.8 Å². The highest BCUT2D eigenvalue weighted by Crippen LogP contribution is 2.00. The summed E-state index contributed by atoms with van der Waals surface area (Å²) in [5.41, 5.74) is 5.09. The standard InChI is InChI=1S/C5H9NO4S.H2O/c6-3(5(9)10)1-11-2-4(7)8;/h3H,1-2,6H2,(H,7,8)(H,9,10);1H2/t3-;/m1./s1. The first-order chi connectivity index (χ1) is 5.04. The lowest BCUT2D eigenvalue weighted by Gasteiger charge is -2.02. The van der Waals surface area contributed by atoms with E-state index in [0.29, 0.717) is 0 Å². The van der Waals surface area contributed by atoms with Crippen LogP contribution in [0.5, 0.6) is 0 Å². The largest absolute Gasteiger partial charge is 0.481 e. The van der Waals surface area contributed by atoms with Crippen molar-refractivity contribution in [3.63, 3.8) is 0 Å². The second-order valence-electron chi connectivity index (χ2n) is 1.85. The molecule has 0 aliphatic carbocycles. The van der Waals surface area contributed by atoms with Crippen LogP contribution in [0.2, 0.25) is 0 Å². The molecule has 0 saturated carbocycles. The van der Waals surface area contributed by atoms with Gasteiger partial charge in [-0.25, -0.2) is 0 Å². The van der Waals surface area contributed by atoms with E-state index in [9.17, 15) is 9.59 Å². The van der Waals surface area contributed by atoms with Gasteiger partial charge >= 0.3 is 11.9 Å². The maximum absolute atomic E-state index is 10.1. The Balaban J connectivity index is 0. The summed E-state index contributed by atoms with van der Waals surface area (Å²) >= 11 is 0.992. The molecule has 0 bridgehead atoms. The van der Waals surface area contributed by atoms with Crippen LogP contribution in [0.3, 0.4) is 0 Å². The van der Waals surface area contributed by atoms with Crippen LogP contribution in [0.15, 0.2) is 0 Å². The van der Waals surface area contributed by atoms with Gasteiger partial charge in [0.15, 0.2) is 0 Å². The normalized spacial score (nSPS) is 11.4. The zero-order chi connectivity index (χ0) is 8.85. The number of nitrogens with two attached hydrogens (primary N) is 1. The zero-order valence-corrected chi connectivity index (χ0v) is 7.00. The minimum absolute atomic E-state index is 0. The Kier molecular flexibility index (Phi) is 7.91. The van der Waals surface area contributed by atoms with Gasteiger partial charge in [0.1, 0.15) is 6.04 Å². The molecule has 0 spiro atoms. The number of thioether (sulfide) groups is 1. The molecule has 0 heterocycles. The average molecular weight is 197 g/mol. The van der Waals surface area contributed by atoms with E-state index < -0.39 is 18.0 Å². The number of hydrogen-bond acceptors (Lipinski definition) is 4. The summed E-state index contributed by atoms with van der Waals surface area (Å²) in [6.45, 7) is 0. The van der Waals surface area contributed by atoms with Crippen LogP contribution in [0.25, 0.3) is 0 Å². The molecule has 0 rings (SSSR count). The van der Waals surface area contributed by atoms with Gasteiger partial charge in [-0.05, 0) is 0 Å². The summed E-state index contributed by atoms with van der Waals surface area (Å²) in [5, 5.41) is 16.4. The third-order valence-electron chi connectivity index (χ3n) is 0.840. The summed E-state index contributed by atoms with van der Waals surface area (Å²) in [6, 6.07) is -0.973. The van der Waals surface area contributed by atoms with Crippen LogP contribution in [0.4, 0.5) is 0 Å². The Morgan fingerprint density at radius 3 is 2.25 bits per heavy atom. The minimum atomic E-state index is -1.11. The number of hydrogen-bond donors (Lipinski definition) is 3. The summed E-state index contributed by atoms with van der Waals surface area (Å²) in [4.78, 5) is 20.0. The first-order valence-electron chi connectivity index (χ1n) is 2.82. The number of aliphatic carboxylic acids is 2. The molecule has 0 aromatic heterocycles. The van der Waals surface area contributed by atoms with Crippen LogP contribution in [-0.4, -0.2) is 45.2 Å². The van der Waals surface area contributed by atoms with Gasteiger partial charge in [-0.2, -0.15) is 0 Å². The average Bonchev–Trinajstić information content (AvgIpc) is 1.86. The quantitative estimate of drug-likeness (QED) is 0.485. The van der Waals surface area contributed by atoms with Crippen molar-refractivity contribution in [2.75, 3.05) is 11.5 Å². The number of carboxylic acid groups (broad SMARTS) is 2. The Morgan fingerprint density at radius 2 is 1.92 bits per heavy atom. The Hall–Kier alpha value is -0.790. The van der Waals surface area contributed by atoms with Gasteiger partial charge in [0.05, 0.1) is 5.75 Å². The zero-order valence-electron chi connectivity index (χ0n) is 6.19. The molecule has 0 aliphatic heterocycles. The van der Waals surface area contributed by atoms with Gasteiger partial charge in [0.2, 0.25) is 0 Å². The molecule has 7 heteroatoms. The molecule has 72 valence electrons. The topological polar surface area (TPSA) is 132 Å². The molecule has 0 aliphatic rings. The first kappa shape index (κ1) is 13.8. The van der Waals surface area contributed by atoms with Crippen LogP contribution in [0, 0.1) is 0 Å². The van der Waals surface area contributed by atoms with Gasteiger partial charge in [-0.15, -0.1) is 11.8 Å². The molecular formula is C5H11NO5S. The van der Waals surface area contributed by atoms with Crippen LogP contribution < -0.4 is 5.73 Å². The van der Waals surface area contributed by atoms with Crippen molar-refractivity contribution in [3.05, 3.63) is 0 Å². The molecule has 0 radical (unpaired) electrons. The van der Waals surface area contributed by atoms with E-state index >= 15 is 0 Å². The highest BCUT2D eigenvalue weighted by Gasteiger charge is 2.11. The van der Waals surface area contributed by atoms with Gasteiger partial charge in [-0.3, -0.25) is 9.59 Å². The molecular weight excluding hydrogens is 186 g/mol. The number of rotatable bonds is 5. The highest BCUT2D eigenvalue weighted by atomic mass is 32.2. The van der Waals surface area contributed by atoms with E-state index in [1.807, 2.05) is 0 Å². The van der Waals surface area contributed by atoms with Crippen molar-refractivity contribution in [2.45, 2.75) is 6.04 Å². The van der Waals surface area contributed by atoms with E-state index in [2.05, 4.69) is 0 Å². The number of carbonyl (C=O) groups is 2. The fourth-order valence-corrected chi connectivity index (χ4v) is 1.03. The second-order valence-corrected chi connectivity index (χ2v) is 2.88. The van der Waals surface area contributed by atoms with Gasteiger partial charge in [-0.1, -0.05) is 0 Å². The van der Waals surface area contributed by atoms with E-state index in [4.69, 9.17) is 15.9 Å². The van der Waals surface area contributed by atoms with Crippen LogP contribution >= 0.6 is 11.8 Å². The Bertz CT molecular complexity index is 162. The molecule has 0 fully saturated rings. The summed E-state index contributed by atoms with van der Waals surface area (Å²) in [5.74, 6) is -2.06. The minimum Gasteiger partial charge on any atom is -0.481 e. The molecule has 6 N–H and O–H groups in total. The van der Waals surface area contributed by atoms with Crippen molar-refractivity contribution in [1.29, 1.82) is 0 Å². The van der Waals surface area contributed by atoms with Crippen molar-refractivity contribution in [2.24, 2.45) is 5.73 Å². The molecule has 0 saturated heterocycles.